The van der Waals surface area contributed by atoms with E-state index in [2.05, 4.69) is 71.7 Å². The van der Waals surface area contributed by atoms with Gasteiger partial charge >= 0.3 is 0 Å². The Morgan fingerprint density at radius 3 is 2.47 bits per heavy atom. The van der Waals surface area contributed by atoms with E-state index in [0.29, 0.717) is 18.9 Å². The molecule has 172 valence electrons. The van der Waals surface area contributed by atoms with E-state index in [4.69, 9.17) is 4.99 Å². The molecule has 0 radical (unpaired) electrons. The lowest BCUT2D eigenvalue weighted by Gasteiger charge is -2.22. The number of guanidine groups is 1. The summed E-state index contributed by atoms with van der Waals surface area (Å²) in [4.78, 5) is 21.1. The number of amides is 1. The third-order valence-electron chi connectivity index (χ3n) is 6.27. The molecule has 0 bridgehead atoms. The molecule has 2 fully saturated rings. The Bertz CT molecular complexity index is 884. The maximum atomic E-state index is 11.8. The van der Waals surface area contributed by atoms with Gasteiger partial charge in [-0.2, -0.15) is 0 Å². The molecule has 4 rings (SSSR count). The van der Waals surface area contributed by atoms with E-state index < -0.39 is 0 Å². The number of likely N-dealkylation sites (tertiary alicyclic amines) is 2. The fraction of sp³-hybridized carbons (Fsp3) is 0.462. The molecule has 2 aromatic rings. The van der Waals surface area contributed by atoms with Gasteiger partial charge in [-0.15, -0.1) is 24.0 Å². The quantitative estimate of drug-likeness (QED) is 0.317. The highest BCUT2D eigenvalue weighted by Crippen LogP contribution is 2.21. The molecule has 1 unspecified atom stereocenters. The summed E-state index contributed by atoms with van der Waals surface area (Å²) in [5.74, 6) is 1.98. The van der Waals surface area contributed by atoms with Crippen LogP contribution in [-0.2, 0) is 24.3 Å². The third-order valence-corrected chi connectivity index (χ3v) is 6.27. The fourth-order valence-corrected chi connectivity index (χ4v) is 4.57. The van der Waals surface area contributed by atoms with Crippen LogP contribution in [0, 0.1) is 5.92 Å². The lowest BCUT2D eigenvalue weighted by Crippen LogP contribution is -2.40. The normalized spacial score (nSPS) is 18.7. The molecule has 2 saturated heterocycles. The molecule has 2 aliphatic heterocycles. The average Bonchev–Trinajstić information content (AvgIpc) is 3.42. The number of carbonyl (C=O) groups excluding carboxylic acids is 1. The van der Waals surface area contributed by atoms with Crippen LogP contribution in [0.3, 0.4) is 0 Å². The zero-order valence-corrected chi connectivity index (χ0v) is 21.3. The average molecular weight is 546 g/mol. The Balaban J connectivity index is 0.00000289. The summed E-state index contributed by atoms with van der Waals surface area (Å²) >= 11 is 0. The van der Waals surface area contributed by atoms with Crippen molar-refractivity contribution in [1.82, 2.24) is 15.1 Å². The van der Waals surface area contributed by atoms with Crippen molar-refractivity contribution in [1.29, 1.82) is 0 Å². The van der Waals surface area contributed by atoms with Gasteiger partial charge < -0.3 is 15.1 Å². The van der Waals surface area contributed by atoms with Gasteiger partial charge in [0.1, 0.15) is 0 Å². The van der Waals surface area contributed by atoms with Crippen LogP contribution in [0.4, 0.5) is 0 Å². The Labute approximate surface area is 209 Å². The lowest BCUT2D eigenvalue weighted by molar-refractivity contribution is -0.128. The van der Waals surface area contributed by atoms with Gasteiger partial charge in [0.05, 0.1) is 6.54 Å². The SMILES string of the molecule is CCNC(=NCc1ccc(CN2CCCC2=O)cc1)N1CCC(Cc2ccccc2)C1.I. The number of benzene rings is 2. The van der Waals surface area contributed by atoms with E-state index in [1.165, 1.54) is 23.1 Å². The van der Waals surface area contributed by atoms with Crippen LogP contribution in [0.2, 0.25) is 0 Å². The van der Waals surface area contributed by atoms with Crippen molar-refractivity contribution >= 4 is 35.8 Å². The minimum Gasteiger partial charge on any atom is -0.357 e. The summed E-state index contributed by atoms with van der Waals surface area (Å²) in [7, 11) is 0. The number of hydrogen-bond donors (Lipinski definition) is 1. The zero-order valence-electron chi connectivity index (χ0n) is 19.0. The van der Waals surface area contributed by atoms with Crippen molar-refractivity contribution in [2.45, 2.75) is 45.7 Å². The monoisotopic (exact) mass is 546 g/mol. The number of nitrogens with zero attached hydrogens (tertiary/aromatic N) is 3. The van der Waals surface area contributed by atoms with Gasteiger partial charge in [-0.05, 0) is 48.8 Å². The van der Waals surface area contributed by atoms with Crippen LogP contribution in [0.5, 0.6) is 0 Å². The van der Waals surface area contributed by atoms with Crippen LogP contribution in [0.25, 0.3) is 0 Å². The molecule has 0 spiro atoms. The number of aliphatic imine (C=N–C) groups is 1. The third kappa shape index (κ3) is 6.70. The summed E-state index contributed by atoms with van der Waals surface area (Å²) in [6, 6.07) is 19.3. The van der Waals surface area contributed by atoms with Crippen molar-refractivity contribution < 1.29 is 4.79 Å². The largest absolute Gasteiger partial charge is 0.357 e. The second-order valence-corrected chi connectivity index (χ2v) is 8.70. The lowest BCUT2D eigenvalue weighted by atomic mass is 9.99. The van der Waals surface area contributed by atoms with Crippen molar-refractivity contribution in [2.24, 2.45) is 10.9 Å². The summed E-state index contributed by atoms with van der Waals surface area (Å²) in [5, 5.41) is 3.48. The molecule has 0 aromatic heterocycles. The predicted molar refractivity (Wildman–Crippen MR) is 141 cm³/mol. The van der Waals surface area contributed by atoms with E-state index in [9.17, 15) is 4.79 Å². The molecule has 0 aliphatic carbocycles. The summed E-state index contributed by atoms with van der Waals surface area (Å²) in [5.41, 5.74) is 3.82. The molecular weight excluding hydrogens is 511 g/mol. The van der Waals surface area contributed by atoms with Gasteiger partial charge in [-0.25, -0.2) is 4.99 Å². The van der Waals surface area contributed by atoms with E-state index in [-0.39, 0.29) is 29.9 Å². The molecule has 6 heteroatoms. The van der Waals surface area contributed by atoms with Crippen LogP contribution in [0.15, 0.2) is 59.6 Å². The van der Waals surface area contributed by atoms with Crippen molar-refractivity contribution in [3.8, 4) is 0 Å². The van der Waals surface area contributed by atoms with Crippen molar-refractivity contribution in [3.63, 3.8) is 0 Å². The highest BCUT2D eigenvalue weighted by molar-refractivity contribution is 14.0. The maximum absolute atomic E-state index is 11.8. The number of hydrogen-bond acceptors (Lipinski definition) is 2. The minimum atomic E-state index is 0. The summed E-state index contributed by atoms with van der Waals surface area (Å²) in [6.07, 6.45) is 4.03. The topological polar surface area (TPSA) is 47.9 Å². The van der Waals surface area contributed by atoms with Crippen molar-refractivity contribution in [2.75, 3.05) is 26.2 Å². The fourth-order valence-electron chi connectivity index (χ4n) is 4.57. The molecule has 5 nitrogen and oxygen atoms in total. The minimum absolute atomic E-state index is 0. The maximum Gasteiger partial charge on any atom is 0.222 e. The first-order valence-electron chi connectivity index (χ1n) is 11.6. The Morgan fingerprint density at radius 1 is 1.03 bits per heavy atom. The second-order valence-electron chi connectivity index (χ2n) is 8.70. The number of carbonyl (C=O) groups is 1. The van der Waals surface area contributed by atoms with Gasteiger partial charge in [-0.1, -0.05) is 54.6 Å². The highest BCUT2D eigenvalue weighted by atomic mass is 127. The molecule has 1 N–H and O–H groups in total. The number of halogens is 1. The zero-order chi connectivity index (χ0) is 21.5. The molecule has 2 heterocycles. The van der Waals surface area contributed by atoms with E-state index >= 15 is 0 Å². The molecule has 32 heavy (non-hydrogen) atoms. The predicted octanol–water partition coefficient (Wildman–Crippen LogP) is 4.46. The van der Waals surface area contributed by atoms with E-state index in [1.807, 2.05) is 4.90 Å². The summed E-state index contributed by atoms with van der Waals surface area (Å²) in [6.45, 7) is 7.41. The number of rotatable bonds is 7. The Hall–Kier alpha value is -2.09. The first-order valence-corrected chi connectivity index (χ1v) is 11.6. The standard InChI is InChI=1S/C26H34N4O.HI/c1-2-27-26(30-16-14-24(20-30)17-21-7-4-3-5-8-21)28-18-22-10-12-23(13-11-22)19-29-15-6-9-25(29)31;/h3-5,7-8,10-13,24H,2,6,9,14-20H2,1H3,(H,27,28);1H. The number of nitrogens with one attached hydrogen (secondary N) is 1. The molecule has 0 saturated carbocycles. The molecule has 2 aliphatic rings. The smallest absolute Gasteiger partial charge is 0.222 e. The second kappa shape index (κ2) is 12.2. The molecule has 2 aromatic carbocycles. The molecule has 1 atom stereocenters. The van der Waals surface area contributed by atoms with Gasteiger partial charge in [0.2, 0.25) is 5.91 Å². The van der Waals surface area contributed by atoms with Crippen LogP contribution < -0.4 is 5.32 Å². The highest BCUT2D eigenvalue weighted by Gasteiger charge is 2.25. The first-order chi connectivity index (χ1) is 15.2. The molecular formula is C26H35IN4O. The van der Waals surface area contributed by atoms with Crippen molar-refractivity contribution in [3.05, 3.63) is 71.3 Å². The van der Waals surface area contributed by atoms with Crippen LogP contribution in [0.1, 0.15) is 42.9 Å². The molecule has 1 amide bonds. The van der Waals surface area contributed by atoms with Gasteiger partial charge in [0.15, 0.2) is 5.96 Å². The van der Waals surface area contributed by atoms with Crippen LogP contribution >= 0.6 is 24.0 Å². The Kier molecular flexibility index (Phi) is 9.38. The van der Waals surface area contributed by atoms with E-state index in [0.717, 1.165) is 51.5 Å². The Morgan fingerprint density at radius 2 is 1.78 bits per heavy atom. The van der Waals surface area contributed by atoms with Gasteiger partial charge in [-0.3, -0.25) is 4.79 Å². The van der Waals surface area contributed by atoms with Gasteiger partial charge in [0, 0.05) is 39.1 Å². The van der Waals surface area contributed by atoms with E-state index in [1.54, 1.807) is 0 Å². The first kappa shape index (κ1) is 24.6. The summed E-state index contributed by atoms with van der Waals surface area (Å²) < 4.78 is 0. The van der Waals surface area contributed by atoms with Gasteiger partial charge in [0.25, 0.3) is 0 Å². The van der Waals surface area contributed by atoms with Crippen LogP contribution in [-0.4, -0.2) is 47.8 Å².